The monoisotopic (exact) mass is 278 g/mol. The first-order valence-electron chi connectivity index (χ1n) is 6.88. The minimum absolute atomic E-state index is 0.117. The highest BCUT2D eigenvalue weighted by Gasteiger charge is 2.34. The predicted molar refractivity (Wildman–Crippen MR) is 76.6 cm³/mol. The van der Waals surface area contributed by atoms with Crippen LogP contribution in [0.15, 0.2) is 12.4 Å². The van der Waals surface area contributed by atoms with Crippen molar-refractivity contribution in [2.75, 3.05) is 11.9 Å². The van der Waals surface area contributed by atoms with Crippen molar-refractivity contribution >= 4 is 11.7 Å². The number of rotatable bonds is 3. The summed E-state index contributed by atoms with van der Waals surface area (Å²) in [6.45, 7) is 6.37. The first kappa shape index (κ1) is 14.7. The van der Waals surface area contributed by atoms with Crippen LogP contribution in [-0.4, -0.2) is 33.3 Å². The molecular weight excluding hydrogens is 256 g/mol. The lowest BCUT2D eigenvalue weighted by molar-refractivity contribution is -0.0287. The third-order valence-corrected chi connectivity index (χ3v) is 3.44. The van der Waals surface area contributed by atoms with Crippen LogP contribution in [0.1, 0.15) is 45.9 Å². The van der Waals surface area contributed by atoms with Crippen molar-refractivity contribution in [3.05, 3.63) is 18.2 Å². The molecule has 2 amide bonds. The van der Waals surface area contributed by atoms with Gasteiger partial charge in [-0.25, -0.2) is 14.8 Å². The Kier molecular flexibility index (Phi) is 3.94. The average Bonchev–Trinajstić information content (AvgIpc) is 2.33. The first-order chi connectivity index (χ1) is 9.28. The topological polar surface area (TPSA) is 87.1 Å². The van der Waals surface area contributed by atoms with Gasteiger partial charge in [-0.05, 0) is 19.3 Å². The smallest absolute Gasteiger partial charge is 0.319 e. The van der Waals surface area contributed by atoms with Gasteiger partial charge in [0.15, 0.2) is 0 Å². The van der Waals surface area contributed by atoms with Crippen LogP contribution in [-0.2, 0) is 5.41 Å². The van der Waals surface area contributed by atoms with Crippen LogP contribution >= 0.6 is 0 Å². The molecule has 1 aliphatic rings. The van der Waals surface area contributed by atoms with Crippen LogP contribution in [0.25, 0.3) is 0 Å². The Morgan fingerprint density at radius 1 is 1.35 bits per heavy atom. The molecule has 0 aromatic carbocycles. The Labute approximate surface area is 119 Å². The second-order valence-electron chi connectivity index (χ2n) is 6.43. The number of aliphatic hydroxyl groups is 1. The van der Waals surface area contributed by atoms with Crippen LogP contribution < -0.4 is 10.6 Å². The summed E-state index contributed by atoms with van der Waals surface area (Å²) in [6, 6.07) is -0.350. The highest BCUT2D eigenvalue weighted by Crippen LogP contribution is 2.30. The molecule has 2 rings (SSSR count). The Morgan fingerprint density at radius 2 is 1.95 bits per heavy atom. The van der Waals surface area contributed by atoms with Gasteiger partial charge in [0.05, 0.1) is 23.7 Å². The van der Waals surface area contributed by atoms with Crippen LogP contribution in [0, 0.1) is 0 Å². The maximum absolute atomic E-state index is 11.7. The molecule has 1 heterocycles. The quantitative estimate of drug-likeness (QED) is 0.787. The van der Waals surface area contributed by atoms with Gasteiger partial charge in [0.1, 0.15) is 5.82 Å². The number of hydrogen-bond acceptors (Lipinski definition) is 4. The Bertz CT molecular complexity index is 475. The molecule has 0 aliphatic heterocycles. The Morgan fingerprint density at radius 3 is 2.40 bits per heavy atom. The van der Waals surface area contributed by atoms with E-state index in [4.69, 9.17) is 0 Å². The van der Waals surface area contributed by atoms with E-state index in [-0.39, 0.29) is 18.0 Å². The van der Waals surface area contributed by atoms with Crippen LogP contribution in [0.3, 0.4) is 0 Å². The summed E-state index contributed by atoms with van der Waals surface area (Å²) in [5.74, 6) is 0.729. The zero-order valence-corrected chi connectivity index (χ0v) is 12.2. The second kappa shape index (κ2) is 5.36. The number of carbonyl (C=O) groups excluding carboxylic acids is 1. The molecule has 6 heteroatoms. The number of hydrogen-bond donors (Lipinski definition) is 3. The van der Waals surface area contributed by atoms with Gasteiger partial charge < -0.3 is 15.7 Å². The summed E-state index contributed by atoms with van der Waals surface area (Å²) in [5.41, 5.74) is -0.297. The number of amides is 2. The fourth-order valence-corrected chi connectivity index (χ4v) is 1.96. The van der Waals surface area contributed by atoms with Crippen molar-refractivity contribution in [3.8, 4) is 0 Å². The van der Waals surface area contributed by atoms with Gasteiger partial charge in [0.25, 0.3) is 0 Å². The van der Waals surface area contributed by atoms with Gasteiger partial charge in [0, 0.05) is 12.0 Å². The van der Waals surface area contributed by atoms with Crippen molar-refractivity contribution in [3.63, 3.8) is 0 Å². The number of nitrogens with one attached hydrogen (secondary N) is 2. The zero-order chi connectivity index (χ0) is 14.8. The van der Waals surface area contributed by atoms with E-state index < -0.39 is 5.60 Å². The molecule has 0 spiro atoms. The molecule has 1 saturated carbocycles. The van der Waals surface area contributed by atoms with Gasteiger partial charge >= 0.3 is 6.03 Å². The first-order valence-corrected chi connectivity index (χ1v) is 6.88. The van der Waals surface area contributed by atoms with Crippen molar-refractivity contribution in [1.29, 1.82) is 0 Å². The predicted octanol–water partition coefficient (Wildman–Crippen LogP) is 1.81. The summed E-state index contributed by atoms with van der Waals surface area (Å²) in [6.07, 6.45) is 5.69. The van der Waals surface area contributed by atoms with Gasteiger partial charge in [-0.3, -0.25) is 0 Å². The van der Waals surface area contributed by atoms with E-state index in [0.717, 1.165) is 25.1 Å². The van der Waals surface area contributed by atoms with Gasteiger partial charge in [-0.15, -0.1) is 0 Å². The molecule has 1 aromatic rings. The maximum Gasteiger partial charge on any atom is 0.319 e. The van der Waals surface area contributed by atoms with E-state index in [0.29, 0.717) is 5.69 Å². The number of carbonyl (C=O) groups is 1. The molecule has 110 valence electrons. The molecule has 3 N–H and O–H groups in total. The standard InChI is InChI=1S/C14H22N4O2/c1-13(2,3)11-15-7-10(8-16-11)18-12(19)17-9-14(20)5-4-6-14/h7-8,20H,4-6,9H2,1-3H3,(H2,17,18,19). The Balaban J connectivity index is 1.85. The summed E-state index contributed by atoms with van der Waals surface area (Å²) in [4.78, 5) is 20.2. The van der Waals surface area contributed by atoms with E-state index in [1.54, 1.807) is 12.4 Å². The lowest BCUT2D eigenvalue weighted by atomic mass is 9.80. The van der Waals surface area contributed by atoms with Crippen LogP contribution in [0.2, 0.25) is 0 Å². The average molecular weight is 278 g/mol. The molecule has 1 aliphatic carbocycles. The summed E-state index contributed by atoms with van der Waals surface area (Å²) in [7, 11) is 0. The summed E-state index contributed by atoms with van der Waals surface area (Å²) < 4.78 is 0. The van der Waals surface area contributed by atoms with Crippen LogP contribution in [0.5, 0.6) is 0 Å². The maximum atomic E-state index is 11.7. The summed E-state index contributed by atoms with van der Waals surface area (Å²) >= 11 is 0. The lowest BCUT2D eigenvalue weighted by Crippen LogP contribution is -2.48. The van der Waals surface area contributed by atoms with Gasteiger partial charge in [0.2, 0.25) is 0 Å². The molecule has 0 radical (unpaired) electrons. The molecule has 1 aromatic heterocycles. The zero-order valence-electron chi connectivity index (χ0n) is 12.2. The highest BCUT2D eigenvalue weighted by atomic mass is 16.3. The minimum atomic E-state index is -0.718. The van der Waals surface area contributed by atoms with Crippen molar-refractivity contribution in [2.24, 2.45) is 0 Å². The molecule has 0 bridgehead atoms. The third-order valence-electron chi connectivity index (χ3n) is 3.44. The molecule has 1 fully saturated rings. The van der Waals surface area contributed by atoms with E-state index in [1.165, 1.54) is 0 Å². The van der Waals surface area contributed by atoms with Crippen molar-refractivity contribution in [2.45, 2.75) is 51.0 Å². The molecule has 20 heavy (non-hydrogen) atoms. The molecule has 0 unspecified atom stereocenters. The number of nitrogens with zero attached hydrogens (tertiary/aromatic N) is 2. The van der Waals surface area contributed by atoms with E-state index in [9.17, 15) is 9.90 Å². The highest BCUT2D eigenvalue weighted by molar-refractivity contribution is 5.88. The SMILES string of the molecule is CC(C)(C)c1ncc(NC(=O)NCC2(O)CCC2)cn1. The fourth-order valence-electron chi connectivity index (χ4n) is 1.96. The molecular formula is C14H22N4O2. The number of anilines is 1. The summed E-state index contributed by atoms with van der Waals surface area (Å²) in [5, 5.41) is 15.2. The van der Waals surface area contributed by atoms with Crippen molar-refractivity contribution < 1.29 is 9.90 Å². The molecule has 0 atom stereocenters. The third kappa shape index (κ3) is 3.66. The normalized spacial score (nSPS) is 17.2. The van der Waals surface area contributed by atoms with E-state index in [1.807, 2.05) is 20.8 Å². The molecule has 0 saturated heterocycles. The number of urea groups is 1. The fraction of sp³-hybridized carbons (Fsp3) is 0.643. The van der Waals surface area contributed by atoms with E-state index in [2.05, 4.69) is 20.6 Å². The Hall–Kier alpha value is -1.69. The second-order valence-corrected chi connectivity index (χ2v) is 6.43. The molecule has 6 nitrogen and oxygen atoms in total. The van der Waals surface area contributed by atoms with Crippen molar-refractivity contribution in [1.82, 2.24) is 15.3 Å². The van der Waals surface area contributed by atoms with Crippen LogP contribution in [0.4, 0.5) is 10.5 Å². The van der Waals surface area contributed by atoms with Gasteiger partial charge in [-0.1, -0.05) is 20.8 Å². The number of aromatic nitrogens is 2. The minimum Gasteiger partial charge on any atom is -0.388 e. The van der Waals surface area contributed by atoms with Gasteiger partial charge in [-0.2, -0.15) is 0 Å². The largest absolute Gasteiger partial charge is 0.388 e. The lowest BCUT2D eigenvalue weighted by Gasteiger charge is -2.36. The van der Waals surface area contributed by atoms with E-state index >= 15 is 0 Å².